The highest BCUT2D eigenvalue weighted by atomic mass is 19.4. The van der Waals surface area contributed by atoms with E-state index in [0.29, 0.717) is 31.6 Å². The van der Waals surface area contributed by atoms with Gasteiger partial charge in [0.15, 0.2) is 0 Å². The van der Waals surface area contributed by atoms with Gasteiger partial charge in [-0.05, 0) is 19.8 Å². The van der Waals surface area contributed by atoms with Gasteiger partial charge < -0.3 is 4.57 Å². The lowest BCUT2D eigenvalue weighted by Gasteiger charge is -2.31. The molecule has 0 aliphatic heterocycles. The van der Waals surface area contributed by atoms with E-state index in [0.717, 1.165) is 0 Å². The summed E-state index contributed by atoms with van der Waals surface area (Å²) in [5.41, 5.74) is 0. The fourth-order valence-electron chi connectivity index (χ4n) is 2.99. The highest BCUT2D eigenvalue weighted by Gasteiger charge is 2.47. The molecular weight excluding hydrogens is 269 g/mol. The van der Waals surface area contributed by atoms with Gasteiger partial charge in [-0.15, -0.1) is 0 Å². The number of carbonyl (C=O) groups excluding carboxylic acids is 1. The molecule has 0 aromatic carbocycles. The van der Waals surface area contributed by atoms with Crippen LogP contribution in [0.4, 0.5) is 13.2 Å². The molecule has 1 saturated carbocycles. The summed E-state index contributed by atoms with van der Waals surface area (Å²) in [6, 6.07) is 0. The molecule has 1 fully saturated rings. The van der Waals surface area contributed by atoms with E-state index in [2.05, 4.69) is 4.98 Å². The zero-order chi connectivity index (χ0) is 14.8. The molecule has 1 aromatic rings. The summed E-state index contributed by atoms with van der Waals surface area (Å²) in [6.07, 6.45) is 0.707. The van der Waals surface area contributed by atoms with Crippen molar-refractivity contribution in [1.29, 1.82) is 0 Å². The lowest BCUT2D eigenvalue weighted by Crippen LogP contribution is -2.38. The molecule has 2 atom stereocenters. The number of rotatable bonds is 4. The van der Waals surface area contributed by atoms with Crippen LogP contribution in [0.1, 0.15) is 38.4 Å². The quantitative estimate of drug-likeness (QED) is 0.851. The lowest BCUT2D eigenvalue weighted by molar-refractivity contribution is -0.197. The van der Waals surface area contributed by atoms with Crippen LogP contribution in [0.15, 0.2) is 12.4 Å². The third kappa shape index (κ3) is 3.22. The van der Waals surface area contributed by atoms with Crippen molar-refractivity contribution in [1.82, 2.24) is 9.55 Å². The molecule has 2 rings (SSSR count). The number of Topliss-reactive ketones (excluding diaryl/α,β-unsaturated/α-hetero) is 1. The number of ketones is 1. The topological polar surface area (TPSA) is 34.9 Å². The zero-order valence-corrected chi connectivity index (χ0v) is 11.5. The number of nitrogens with zero attached hydrogens (tertiary/aromatic N) is 2. The summed E-state index contributed by atoms with van der Waals surface area (Å²) in [7, 11) is 0. The number of imidazole rings is 1. The Kier molecular flexibility index (Phi) is 4.50. The molecule has 0 spiro atoms. The smallest absolute Gasteiger partial charge is 0.335 e. The molecular formula is C14H19F3N2O. The van der Waals surface area contributed by atoms with Crippen LogP contribution in [-0.2, 0) is 17.8 Å². The molecule has 20 heavy (non-hydrogen) atoms. The van der Waals surface area contributed by atoms with Gasteiger partial charge in [0.1, 0.15) is 11.6 Å². The molecule has 0 amide bonds. The standard InChI is InChI=1S/C14H19F3N2O/c1-2-19-8-7-18-13(19)9-12(20)10-5-3-4-6-11(10)14(15,16)17/h7-8,10-11H,2-6,9H2,1H3. The van der Waals surface area contributed by atoms with Crippen LogP contribution in [0.2, 0.25) is 0 Å². The van der Waals surface area contributed by atoms with Gasteiger partial charge in [0.2, 0.25) is 0 Å². The molecule has 2 unspecified atom stereocenters. The summed E-state index contributed by atoms with van der Waals surface area (Å²) < 4.78 is 40.8. The Hall–Kier alpha value is -1.33. The molecule has 1 aliphatic rings. The Morgan fingerprint density at radius 2 is 2.10 bits per heavy atom. The molecule has 3 nitrogen and oxygen atoms in total. The first-order chi connectivity index (χ1) is 9.43. The molecule has 0 radical (unpaired) electrons. The molecule has 6 heteroatoms. The predicted octanol–water partition coefficient (Wildman–Crippen LogP) is 3.38. The maximum absolute atomic E-state index is 13.0. The van der Waals surface area contributed by atoms with Crippen LogP contribution in [-0.4, -0.2) is 21.5 Å². The molecule has 1 aliphatic carbocycles. The number of alkyl halides is 3. The monoisotopic (exact) mass is 288 g/mol. The number of aromatic nitrogens is 2. The second kappa shape index (κ2) is 5.97. The van der Waals surface area contributed by atoms with E-state index in [1.54, 1.807) is 17.0 Å². The molecule has 1 heterocycles. The summed E-state index contributed by atoms with van der Waals surface area (Å²) in [5.74, 6) is -2.14. The lowest BCUT2D eigenvalue weighted by atomic mass is 9.76. The van der Waals surface area contributed by atoms with Gasteiger partial charge >= 0.3 is 6.18 Å². The van der Waals surface area contributed by atoms with Crippen molar-refractivity contribution in [3.05, 3.63) is 18.2 Å². The SMILES string of the molecule is CCn1ccnc1CC(=O)C1CCCCC1C(F)(F)F. The first-order valence-electron chi connectivity index (χ1n) is 7.03. The third-order valence-corrected chi connectivity index (χ3v) is 4.07. The number of halogens is 3. The summed E-state index contributed by atoms with van der Waals surface area (Å²) in [6.45, 7) is 2.57. The van der Waals surface area contributed by atoms with E-state index in [9.17, 15) is 18.0 Å². The van der Waals surface area contributed by atoms with Gasteiger partial charge in [-0.25, -0.2) is 4.98 Å². The van der Waals surface area contributed by atoms with Crippen molar-refractivity contribution in [3.8, 4) is 0 Å². The second-order valence-electron chi connectivity index (χ2n) is 5.31. The van der Waals surface area contributed by atoms with E-state index in [-0.39, 0.29) is 18.6 Å². The Labute approximate surface area is 116 Å². The van der Waals surface area contributed by atoms with Gasteiger partial charge in [0, 0.05) is 24.9 Å². The van der Waals surface area contributed by atoms with Crippen LogP contribution in [0.3, 0.4) is 0 Å². The molecule has 0 bridgehead atoms. The Bertz CT molecular complexity index is 467. The second-order valence-corrected chi connectivity index (χ2v) is 5.31. The normalized spacial score (nSPS) is 23.8. The maximum atomic E-state index is 13.0. The van der Waals surface area contributed by atoms with Crippen molar-refractivity contribution in [2.75, 3.05) is 0 Å². The van der Waals surface area contributed by atoms with Gasteiger partial charge in [-0.3, -0.25) is 4.79 Å². The van der Waals surface area contributed by atoms with E-state index in [1.165, 1.54) is 0 Å². The number of hydrogen-bond acceptors (Lipinski definition) is 2. The van der Waals surface area contributed by atoms with Crippen LogP contribution in [0, 0.1) is 11.8 Å². The largest absolute Gasteiger partial charge is 0.392 e. The summed E-state index contributed by atoms with van der Waals surface area (Å²) in [5, 5.41) is 0. The predicted molar refractivity (Wildman–Crippen MR) is 68.1 cm³/mol. The van der Waals surface area contributed by atoms with Crippen LogP contribution in [0.25, 0.3) is 0 Å². The highest BCUT2D eigenvalue weighted by Crippen LogP contribution is 2.42. The van der Waals surface area contributed by atoms with E-state index >= 15 is 0 Å². The van der Waals surface area contributed by atoms with Gasteiger partial charge in [-0.2, -0.15) is 13.2 Å². The Balaban J connectivity index is 2.10. The molecule has 1 aromatic heterocycles. The fraction of sp³-hybridized carbons (Fsp3) is 0.714. The minimum Gasteiger partial charge on any atom is -0.335 e. The summed E-state index contributed by atoms with van der Waals surface area (Å²) in [4.78, 5) is 16.3. The van der Waals surface area contributed by atoms with Crippen molar-refractivity contribution in [2.24, 2.45) is 11.8 Å². The van der Waals surface area contributed by atoms with Crippen molar-refractivity contribution >= 4 is 5.78 Å². The van der Waals surface area contributed by atoms with E-state index in [1.807, 2.05) is 6.92 Å². The Morgan fingerprint density at radius 1 is 1.40 bits per heavy atom. The molecule has 0 saturated heterocycles. The van der Waals surface area contributed by atoms with Crippen LogP contribution < -0.4 is 0 Å². The average molecular weight is 288 g/mol. The van der Waals surface area contributed by atoms with E-state index < -0.39 is 18.0 Å². The first kappa shape index (κ1) is 15.1. The van der Waals surface area contributed by atoms with Crippen molar-refractivity contribution in [2.45, 2.75) is 51.7 Å². The van der Waals surface area contributed by atoms with Crippen LogP contribution >= 0.6 is 0 Å². The molecule has 0 N–H and O–H groups in total. The first-order valence-corrected chi connectivity index (χ1v) is 7.03. The van der Waals surface area contributed by atoms with Gasteiger partial charge in [-0.1, -0.05) is 12.8 Å². The number of hydrogen-bond donors (Lipinski definition) is 0. The van der Waals surface area contributed by atoms with Gasteiger partial charge in [0.25, 0.3) is 0 Å². The maximum Gasteiger partial charge on any atom is 0.392 e. The van der Waals surface area contributed by atoms with E-state index in [4.69, 9.17) is 0 Å². The molecule has 112 valence electrons. The number of aryl methyl sites for hydroxylation is 1. The average Bonchev–Trinajstić information content (AvgIpc) is 2.85. The van der Waals surface area contributed by atoms with Crippen LogP contribution in [0.5, 0.6) is 0 Å². The zero-order valence-electron chi connectivity index (χ0n) is 11.5. The highest BCUT2D eigenvalue weighted by molar-refractivity contribution is 5.83. The van der Waals surface area contributed by atoms with Crippen molar-refractivity contribution in [3.63, 3.8) is 0 Å². The fourth-order valence-corrected chi connectivity index (χ4v) is 2.99. The minimum absolute atomic E-state index is 0.00190. The van der Waals surface area contributed by atoms with Gasteiger partial charge in [0.05, 0.1) is 12.3 Å². The third-order valence-electron chi connectivity index (χ3n) is 4.07. The minimum atomic E-state index is -4.28. The summed E-state index contributed by atoms with van der Waals surface area (Å²) >= 11 is 0. The van der Waals surface area contributed by atoms with Crippen molar-refractivity contribution < 1.29 is 18.0 Å². The Morgan fingerprint density at radius 3 is 2.75 bits per heavy atom. The number of carbonyl (C=O) groups is 1.